The minimum absolute atomic E-state index is 0.0374. The smallest absolute Gasteiger partial charge is 0.272 e. The zero-order valence-electron chi connectivity index (χ0n) is 8.31. The number of halogens is 1. The molecular weight excluding hydrogens is 260 g/mol. The summed E-state index contributed by atoms with van der Waals surface area (Å²) in [6, 6.07) is 3.52. The van der Waals surface area contributed by atoms with Crippen LogP contribution in [0, 0.1) is 0 Å². The van der Waals surface area contributed by atoms with Gasteiger partial charge in [-0.2, -0.15) is 0 Å². The van der Waals surface area contributed by atoms with Crippen molar-refractivity contribution >= 4 is 21.8 Å². The van der Waals surface area contributed by atoms with Gasteiger partial charge in [0.2, 0.25) is 0 Å². The van der Waals surface area contributed by atoms with Gasteiger partial charge in [0.05, 0.1) is 6.10 Å². The van der Waals surface area contributed by atoms with Crippen molar-refractivity contribution < 1.29 is 9.53 Å². The summed E-state index contributed by atoms with van der Waals surface area (Å²) >= 11 is 3.31. The van der Waals surface area contributed by atoms with E-state index in [4.69, 9.17) is 4.74 Å². The van der Waals surface area contributed by atoms with Crippen molar-refractivity contribution in [2.24, 2.45) is 0 Å². The van der Waals surface area contributed by atoms with Gasteiger partial charge in [-0.15, -0.1) is 0 Å². The van der Waals surface area contributed by atoms with Gasteiger partial charge in [0.1, 0.15) is 5.69 Å². The highest BCUT2D eigenvalue weighted by molar-refractivity contribution is 9.10. The average molecular weight is 271 g/mol. The van der Waals surface area contributed by atoms with Gasteiger partial charge in [0.25, 0.3) is 5.91 Å². The molecule has 1 aliphatic heterocycles. The van der Waals surface area contributed by atoms with Crippen LogP contribution in [0.1, 0.15) is 10.5 Å². The molecule has 5 heteroatoms. The lowest BCUT2D eigenvalue weighted by atomic mass is 10.1. The third-order valence-electron chi connectivity index (χ3n) is 2.41. The lowest BCUT2D eigenvalue weighted by molar-refractivity contribution is -0.0194. The van der Waals surface area contributed by atoms with Gasteiger partial charge in [-0.3, -0.25) is 9.78 Å². The molecule has 1 fully saturated rings. The molecule has 15 heavy (non-hydrogen) atoms. The summed E-state index contributed by atoms with van der Waals surface area (Å²) in [7, 11) is 1.66. The van der Waals surface area contributed by atoms with Crippen molar-refractivity contribution in [2.75, 3.05) is 20.2 Å². The monoisotopic (exact) mass is 270 g/mol. The Morgan fingerprint density at radius 2 is 2.40 bits per heavy atom. The minimum atomic E-state index is -0.0374. The quantitative estimate of drug-likeness (QED) is 0.814. The van der Waals surface area contributed by atoms with Crippen molar-refractivity contribution in [1.82, 2.24) is 9.88 Å². The fourth-order valence-electron chi connectivity index (χ4n) is 1.44. The molecule has 2 heterocycles. The maximum absolute atomic E-state index is 11.8. The van der Waals surface area contributed by atoms with Crippen molar-refractivity contribution in [3.63, 3.8) is 0 Å². The van der Waals surface area contributed by atoms with Crippen LogP contribution >= 0.6 is 15.9 Å². The van der Waals surface area contributed by atoms with Crippen molar-refractivity contribution in [3.8, 4) is 0 Å². The first-order chi connectivity index (χ1) is 7.20. The fraction of sp³-hybridized carbons (Fsp3) is 0.400. The highest BCUT2D eigenvalue weighted by Gasteiger charge is 2.31. The van der Waals surface area contributed by atoms with E-state index in [9.17, 15) is 4.79 Å². The molecule has 1 amide bonds. The van der Waals surface area contributed by atoms with Crippen molar-refractivity contribution in [1.29, 1.82) is 0 Å². The van der Waals surface area contributed by atoms with E-state index in [1.54, 1.807) is 30.3 Å². The van der Waals surface area contributed by atoms with E-state index in [1.165, 1.54) is 0 Å². The largest absolute Gasteiger partial charge is 0.378 e. The van der Waals surface area contributed by atoms with E-state index in [1.807, 2.05) is 0 Å². The third kappa shape index (κ3) is 2.18. The van der Waals surface area contributed by atoms with Crippen LogP contribution in [0.3, 0.4) is 0 Å². The second kappa shape index (κ2) is 4.28. The van der Waals surface area contributed by atoms with Crippen LogP contribution in [0.15, 0.2) is 22.8 Å². The number of amides is 1. The zero-order chi connectivity index (χ0) is 10.8. The second-order valence-electron chi connectivity index (χ2n) is 3.43. The van der Waals surface area contributed by atoms with E-state index >= 15 is 0 Å². The van der Waals surface area contributed by atoms with Crippen LogP contribution < -0.4 is 0 Å². The molecule has 0 aliphatic carbocycles. The van der Waals surface area contributed by atoms with E-state index in [2.05, 4.69) is 20.9 Å². The highest BCUT2D eigenvalue weighted by Crippen LogP contribution is 2.16. The lowest BCUT2D eigenvalue weighted by Crippen LogP contribution is -2.54. The first kappa shape index (κ1) is 10.6. The topological polar surface area (TPSA) is 42.4 Å². The molecule has 0 atom stereocenters. The maximum Gasteiger partial charge on any atom is 0.272 e. The van der Waals surface area contributed by atoms with Crippen LogP contribution in [0.25, 0.3) is 0 Å². The Balaban J connectivity index is 2.03. The number of ether oxygens (including phenoxy) is 1. The Morgan fingerprint density at radius 3 is 3.00 bits per heavy atom. The number of aromatic nitrogens is 1. The highest BCUT2D eigenvalue weighted by atomic mass is 79.9. The van der Waals surface area contributed by atoms with Crippen molar-refractivity contribution in [2.45, 2.75) is 6.10 Å². The minimum Gasteiger partial charge on any atom is -0.378 e. The number of hydrogen-bond donors (Lipinski definition) is 0. The summed E-state index contributed by atoms with van der Waals surface area (Å²) in [5.41, 5.74) is 0.471. The van der Waals surface area contributed by atoms with Gasteiger partial charge < -0.3 is 9.64 Å². The normalized spacial score (nSPS) is 16.3. The van der Waals surface area contributed by atoms with E-state index in [0.717, 1.165) is 4.47 Å². The maximum atomic E-state index is 11.8. The summed E-state index contributed by atoms with van der Waals surface area (Å²) in [4.78, 5) is 17.6. The van der Waals surface area contributed by atoms with E-state index in [0.29, 0.717) is 18.8 Å². The van der Waals surface area contributed by atoms with Gasteiger partial charge in [0, 0.05) is 30.9 Å². The summed E-state index contributed by atoms with van der Waals surface area (Å²) in [6.07, 6.45) is 1.80. The van der Waals surface area contributed by atoms with Crippen LogP contribution in [0.2, 0.25) is 0 Å². The Morgan fingerprint density at radius 1 is 1.67 bits per heavy atom. The first-order valence-electron chi connectivity index (χ1n) is 4.64. The lowest BCUT2D eigenvalue weighted by Gasteiger charge is -2.37. The molecular formula is C10H11BrN2O2. The van der Waals surface area contributed by atoms with Gasteiger partial charge >= 0.3 is 0 Å². The molecule has 1 aliphatic rings. The van der Waals surface area contributed by atoms with E-state index in [-0.39, 0.29) is 12.0 Å². The standard InChI is InChI=1S/C10H11BrN2O2/c1-15-8-5-13(6-8)10(14)9-4-7(11)2-3-12-9/h2-4,8H,5-6H2,1H3. The molecule has 0 radical (unpaired) electrons. The van der Waals surface area contributed by atoms with Crippen LogP contribution in [-0.4, -0.2) is 42.1 Å². The van der Waals surface area contributed by atoms with Gasteiger partial charge in [-0.05, 0) is 12.1 Å². The number of likely N-dealkylation sites (tertiary alicyclic amines) is 1. The second-order valence-corrected chi connectivity index (χ2v) is 4.34. The predicted octanol–water partition coefficient (Wildman–Crippen LogP) is 1.31. The average Bonchev–Trinajstić information content (AvgIpc) is 2.16. The number of rotatable bonds is 2. The molecule has 0 spiro atoms. The fourth-order valence-corrected chi connectivity index (χ4v) is 1.77. The third-order valence-corrected chi connectivity index (χ3v) is 2.90. The Labute approximate surface area is 96.4 Å². The zero-order valence-corrected chi connectivity index (χ0v) is 9.90. The number of carbonyl (C=O) groups excluding carboxylic acids is 1. The van der Waals surface area contributed by atoms with E-state index < -0.39 is 0 Å². The van der Waals surface area contributed by atoms with Crippen LogP contribution in [-0.2, 0) is 4.74 Å². The van der Waals surface area contributed by atoms with Gasteiger partial charge in [0.15, 0.2) is 0 Å². The Kier molecular flexibility index (Phi) is 3.02. The van der Waals surface area contributed by atoms with Gasteiger partial charge in [-0.25, -0.2) is 0 Å². The number of methoxy groups -OCH3 is 1. The van der Waals surface area contributed by atoms with Crippen LogP contribution in [0.5, 0.6) is 0 Å². The van der Waals surface area contributed by atoms with Gasteiger partial charge in [-0.1, -0.05) is 15.9 Å². The summed E-state index contributed by atoms with van der Waals surface area (Å²) in [5.74, 6) is -0.0374. The summed E-state index contributed by atoms with van der Waals surface area (Å²) in [5, 5.41) is 0. The first-order valence-corrected chi connectivity index (χ1v) is 5.43. The SMILES string of the molecule is COC1CN(C(=O)c2cc(Br)ccn2)C1. The molecule has 4 nitrogen and oxygen atoms in total. The number of carbonyl (C=O) groups is 1. The Bertz CT molecular complexity index is 377. The Hall–Kier alpha value is -0.940. The summed E-state index contributed by atoms with van der Waals surface area (Å²) in [6.45, 7) is 1.31. The number of hydrogen-bond acceptors (Lipinski definition) is 3. The van der Waals surface area contributed by atoms with Crippen molar-refractivity contribution in [3.05, 3.63) is 28.5 Å². The predicted molar refractivity (Wildman–Crippen MR) is 58.6 cm³/mol. The molecule has 0 N–H and O–H groups in total. The molecule has 0 bridgehead atoms. The molecule has 2 rings (SSSR count). The molecule has 1 aromatic rings. The molecule has 0 unspecified atom stereocenters. The summed E-state index contributed by atoms with van der Waals surface area (Å²) < 4.78 is 5.97. The molecule has 1 saturated heterocycles. The number of pyridine rings is 1. The molecule has 80 valence electrons. The number of nitrogens with zero attached hydrogens (tertiary/aromatic N) is 2. The molecule has 1 aromatic heterocycles. The van der Waals surface area contributed by atoms with Crippen LogP contribution in [0.4, 0.5) is 0 Å². The molecule has 0 saturated carbocycles. The molecule has 0 aromatic carbocycles.